The van der Waals surface area contributed by atoms with E-state index in [0.29, 0.717) is 23.6 Å². The summed E-state index contributed by atoms with van der Waals surface area (Å²) in [7, 11) is 1.56. The highest BCUT2D eigenvalue weighted by Gasteiger charge is 2.34. The normalized spacial score (nSPS) is 16.8. The SMILES string of the molecule is CC(C)NC(=O)N(C)CC(=O)N1N=C(c2ccc(F)cc2)C[C@@H]1c1ccc2c(c1)OCO2. The van der Waals surface area contributed by atoms with Crippen LogP contribution in [-0.2, 0) is 4.79 Å². The topological polar surface area (TPSA) is 83.5 Å². The van der Waals surface area contributed by atoms with E-state index in [-0.39, 0.29) is 37.1 Å². The second-order valence-electron chi connectivity index (χ2n) is 8.08. The van der Waals surface area contributed by atoms with Crippen LogP contribution in [0.15, 0.2) is 47.6 Å². The van der Waals surface area contributed by atoms with Crippen LogP contribution >= 0.6 is 0 Å². The number of nitrogens with one attached hydrogen (secondary N) is 1. The minimum atomic E-state index is -0.390. The molecule has 0 fully saturated rings. The van der Waals surface area contributed by atoms with Gasteiger partial charge in [-0.05, 0) is 49.2 Å². The maximum Gasteiger partial charge on any atom is 0.317 e. The van der Waals surface area contributed by atoms with Gasteiger partial charge in [0.25, 0.3) is 5.91 Å². The van der Waals surface area contributed by atoms with E-state index in [0.717, 1.165) is 11.1 Å². The molecule has 0 radical (unpaired) electrons. The average Bonchev–Trinajstić information content (AvgIpc) is 3.40. The Morgan fingerprint density at radius 1 is 1.19 bits per heavy atom. The maximum absolute atomic E-state index is 13.4. The Balaban J connectivity index is 1.60. The van der Waals surface area contributed by atoms with E-state index in [1.54, 1.807) is 25.2 Å². The first-order chi connectivity index (χ1) is 15.3. The van der Waals surface area contributed by atoms with Crippen molar-refractivity contribution in [2.45, 2.75) is 32.4 Å². The van der Waals surface area contributed by atoms with Gasteiger partial charge in [0.1, 0.15) is 12.4 Å². The number of ether oxygens (including phenoxy) is 2. The summed E-state index contributed by atoms with van der Waals surface area (Å²) in [6, 6.07) is 10.7. The van der Waals surface area contributed by atoms with Gasteiger partial charge in [0.15, 0.2) is 11.5 Å². The molecular formula is C23H25FN4O4. The minimum Gasteiger partial charge on any atom is -0.454 e. The van der Waals surface area contributed by atoms with Crippen molar-refractivity contribution in [2.75, 3.05) is 20.4 Å². The number of benzene rings is 2. The van der Waals surface area contributed by atoms with Crippen LogP contribution in [0.2, 0.25) is 0 Å². The van der Waals surface area contributed by atoms with Crippen LogP contribution in [0.3, 0.4) is 0 Å². The van der Waals surface area contributed by atoms with Gasteiger partial charge in [-0.25, -0.2) is 14.2 Å². The molecular weight excluding hydrogens is 415 g/mol. The molecule has 168 valence electrons. The quantitative estimate of drug-likeness (QED) is 0.774. The fourth-order valence-electron chi connectivity index (χ4n) is 3.64. The molecule has 32 heavy (non-hydrogen) atoms. The van der Waals surface area contributed by atoms with Crippen LogP contribution in [-0.4, -0.2) is 54.0 Å². The molecule has 1 atom stereocenters. The third kappa shape index (κ3) is 4.51. The number of hydrogen-bond acceptors (Lipinski definition) is 5. The van der Waals surface area contributed by atoms with Gasteiger partial charge in [0.2, 0.25) is 6.79 Å². The number of halogens is 1. The fourth-order valence-corrected chi connectivity index (χ4v) is 3.64. The van der Waals surface area contributed by atoms with Crippen LogP contribution in [0, 0.1) is 5.82 Å². The second kappa shape index (κ2) is 8.86. The van der Waals surface area contributed by atoms with E-state index >= 15 is 0 Å². The predicted molar refractivity (Wildman–Crippen MR) is 116 cm³/mol. The molecule has 0 saturated heterocycles. The molecule has 9 heteroatoms. The van der Waals surface area contributed by atoms with Crippen LogP contribution in [0.1, 0.15) is 37.4 Å². The lowest BCUT2D eigenvalue weighted by Crippen LogP contribution is -2.45. The van der Waals surface area contributed by atoms with Gasteiger partial charge in [0, 0.05) is 19.5 Å². The highest BCUT2D eigenvalue weighted by Crippen LogP contribution is 2.39. The van der Waals surface area contributed by atoms with Gasteiger partial charge >= 0.3 is 6.03 Å². The summed E-state index contributed by atoms with van der Waals surface area (Å²) in [5.74, 6) is 0.588. The number of amides is 3. The maximum atomic E-state index is 13.4. The molecule has 0 spiro atoms. The van der Waals surface area contributed by atoms with E-state index in [1.165, 1.54) is 22.0 Å². The largest absolute Gasteiger partial charge is 0.454 e. The molecule has 1 N–H and O–H groups in total. The molecule has 0 saturated carbocycles. The Labute approximate surface area is 185 Å². The van der Waals surface area contributed by atoms with Crippen molar-refractivity contribution in [1.29, 1.82) is 0 Å². The minimum absolute atomic E-state index is 0.0451. The van der Waals surface area contributed by atoms with Crippen LogP contribution < -0.4 is 14.8 Å². The summed E-state index contributed by atoms with van der Waals surface area (Å²) in [6.07, 6.45) is 0.443. The van der Waals surface area contributed by atoms with Crippen molar-refractivity contribution in [3.63, 3.8) is 0 Å². The van der Waals surface area contributed by atoms with Crippen molar-refractivity contribution in [1.82, 2.24) is 15.2 Å². The summed E-state index contributed by atoms with van der Waals surface area (Å²) in [6.45, 7) is 3.71. The molecule has 0 bridgehead atoms. The second-order valence-corrected chi connectivity index (χ2v) is 8.08. The van der Waals surface area contributed by atoms with Crippen LogP contribution in [0.4, 0.5) is 9.18 Å². The molecule has 3 amide bonds. The average molecular weight is 440 g/mol. The zero-order valence-corrected chi connectivity index (χ0v) is 18.2. The number of hydrazone groups is 1. The molecule has 8 nitrogen and oxygen atoms in total. The molecule has 2 aliphatic rings. The van der Waals surface area contributed by atoms with E-state index < -0.39 is 6.04 Å². The molecule has 2 aromatic carbocycles. The van der Waals surface area contributed by atoms with E-state index in [1.807, 2.05) is 26.0 Å². The number of fused-ring (bicyclic) bond motifs is 1. The van der Waals surface area contributed by atoms with Gasteiger partial charge in [-0.3, -0.25) is 4.79 Å². The Hall–Kier alpha value is -3.62. The monoisotopic (exact) mass is 440 g/mol. The van der Waals surface area contributed by atoms with Gasteiger partial charge in [0.05, 0.1) is 11.8 Å². The number of carbonyl (C=O) groups excluding carboxylic acids is 2. The van der Waals surface area contributed by atoms with Gasteiger partial charge < -0.3 is 19.7 Å². The number of urea groups is 1. The standard InChI is InChI=1S/C23H25FN4O4/c1-14(2)25-23(30)27(3)12-22(29)28-19(16-6-9-20-21(10-16)32-13-31-20)11-18(26-28)15-4-7-17(24)8-5-15/h4-10,14,19H,11-13H2,1-3H3,(H,25,30)/t19-/m1/s1. The van der Waals surface area contributed by atoms with Crippen molar-refractivity contribution < 1.29 is 23.5 Å². The molecule has 0 unspecified atom stereocenters. The number of hydrogen-bond donors (Lipinski definition) is 1. The predicted octanol–water partition coefficient (Wildman–Crippen LogP) is 3.28. The number of nitrogens with zero attached hydrogens (tertiary/aromatic N) is 3. The molecule has 2 heterocycles. The summed E-state index contributed by atoms with van der Waals surface area (Å²) in [4.78, 5) is 26.7. The lowest BCUT2D eigenvalue weighted by Gasteiger charge is -2.25. The summed E-state index contributed by atoms with van der Waals surface area (Å²) in [5.41, 5.74) is 2.23. The molecule has 2 aliphatic heterocycles. The highest BCUT2D eigenvalue weighted by molar-refractivity contribution is 6.03. The van der Waals surface area contributed by atoms with Crippen molar-refractivity contribution in [3.8, 4) is 11.5 Å². The molecule has 0 aromatic heterocycles. The third-order valence-electron chi connectivity index (χ3n) is 5.26. The van der Waals surface area contributed by atoms with Gasteiger partial charge in [-0.1, -0.05) is 18.2 Å². The smallest absolute Gasteiger partial charge is 0.317 e. The third-order valence-corrected chi connectivity index (χ3v) is 5.26. The van der Waals surface area contributed by atoms with E-state index in [2.05, 4.69) is 10.4 Å². The van der Waals surface area contributed by atoms with Crippen molar-refractivity contribution in [3.05, 3.63) is 59.4 Å². The number of likely N-dealkylation sites (N-methyl/N-ethyl adjacent to an activating group) is 1. The molecule has 2 aromatic rings. The van der Waals surface area contributed by atoms with Gasteiger partial charge in [-0.2, -0.15) is 5.10 Å². The lowest BCUT2D eigenvalue weighted by atomic mass is 9.98. The van der Waals surface area contributed by atoms with E-state index in [4.69, 9.17) is 9.47 Å². The molecule has 4 rings (SSSR count). The Morgan fingerprint density at radius 3 is 2.62 bits per heavy atom. The fraction of sp³-hybridized carbons (Fsp3) is 0.348. The first-order valence-electron chi connectivity index (χ1n) is 10.4. The summed E-state index contributed by atoms with van der Waals surface area (Å²) < 4.78 is 24.3. The number of rotatable bonds is 5. The zero-order chi connectivity index (χ0) is 22.8. The van der Waals surface area contributed by atoms with Crippen molar-refractivity contribution in [2.24, 2.45) is 5.10 Å². The first kappa shape index (κ1) is 21.6. The van der Waals surface area contributed by atoms with Crippen LogP contribution in [0.25, 0.3) is 0 Å². The Morgan fingerprint density at radius 2 is 1.91 bits per heavy atom. The van der Waals surface area contributed by atoms with E-state index in [9.17, 15) is 14.0 Å². The lowest BCUT2D eigenvalue weighted by molar-refractivity contribution is -0.133. The van der Waals surface area contributed by atoms with Crippen molar-refractivity contribution >= 4 is 17.6 Å². The summed E-state index contributed by atoms with van der Waals surface area (Å²) >= 11 is 0. The first-order valence-corrected chi connectivity index (χ1v) is 10.4. The highest BCUT2D eigenvalue weighted by atomic mass is 19.1. The Kier molecular flexibility index (Phi) is 5.98. The number of carbonyl (C=O) groups is 2. The van der Waals surface area contributed by atoms with Gasteiger partial charge in [-0.15, -0.1) is 0 Å². The summed E-state index contributed by atoms with van der Waals surface area (Å²) in [5, 5.41) is 8.72. The Bertz CT molecular complexity index is 1050. The molecule has 0 aliphatic carbocycles. The van der Waals surface area contributed by atoms with Crippen LogP contribution in [0.5, 0.6) is 11.5 Å². The zero-order valence-electron chi connectivity index (χ0n) is 18.2.